The number of likely N-dealkylation sites (tertiary alicyclic amines) is 1. The van der Waals surface area contributed by atoms with Gasteiger partial charge in [0.15, 0.2) is 0 Å². The Morgan fingerprint density at radius 3 is 1.65 bits per heavy atom. The maximum absolute atomic E-state index is 13.4. The largest absolute Gasteiger partial charge is 0.444 e. The zero-order valence-corrected chi connectivity index (χ0v) is 36.6. The molecule has 0 spiro atoms. The van der Waals surface area contributed by atoms with Gasteiger partial charge in [-0.25, -0.2) is 4.79 Å². The number of amides is 2. The van der Waals surface area contributed by atoms with E-state index in [2.05, 4.69) is 25.2 Å². The molecule has 0 radical (unpaired) electrons. The van der Waals surface area contributed by atoms with Crippen LogP contribution in [0.25, 0.3) is 0 Å². The molecule has 1 aromatic rings. The molecule has 1 atom stereocenters. The number of unbranched alkanes of at least 4 members (excludes halogenated alkanes) is 22. The summed E-state index contributed by atoms with van der Waals surface area (Å²) in [5.41, 5.74) is 1.33. The molecule has 0 bridgehead atoms. The van der Waals surface area contributed by atoms with Crippen molar-refractivity contribution in [3.05, 3.63) is 35.4 Å². The number of nitrogens with one attached hydrogen (secondary N) is 1. The molecule has 1 N–H and O–H groups in total. The third kappa shape index (κ3) is 25.7. The topological polar surface area (TPSA) is 77.1 Å². The summed E-state index contributed by atoms with van der Waals surface area (Å²) in [7, 11) is 0. The molecule has 1 unspecified atom stereocenters. The van der Waals surface area contributed by atoms with Crippen LogP contribution in [-0.2, 0) is 14.2 Å². The van der Waals surface area contributed by atoms with Gasteiger partial charge < -0.3 is 24.4 Å². The smallest absolute Gasteiger partial charge is 0.410 e. The van der Waals surface area contributed by atoms with Crippen LogP contribution in [0.3, 0.4) is 0 Å². The number of carbonyl (C=O) groups excluding carboxylic acids is 2. The second kappa shape index (κ2) is 31.9. The number of rotatable bonds is 33. The van der Waals surface area contributed by atoms with Gasteiger partial charge in [-0.15, -0.1) is 0 Å². The summed E-state index contributed by atoms with van der Waals surface area (Å²) in [6, 6.07) is 8.00. The van der Waals surface area contributed by atoms with Crippen LogP contribution in [0.2, 0.25) is 0 Å². The standard InChI is InChI=1S/C48H86N2O5/c1-6-8-10-12-14-16-18-20-22-24-26-28-37-53-41-45(54-38-29-27-25-23-21-19-17-15-13-11-9-7-2)40-49-46(51)44-32-30-31-43(39-44)42-33-35-50(36-34-42)47(52)55-48(3,4)5/h30-32,39,42,45H,6-29,33-38,40-41H2,1-5H3,(H,49,51). The monoisotopic (exact) mass is 771 g/mol. The predicted molar refractivity (Wildman–Crippen MR) is 231 cm³/mol. The van der Waals surface area contributed by atoms with E-state index in [1.165, 1.54) is 141 Å². The van der Waals surface area contributed by atoms with Gasteiger partial charge >= 0.3 is 6.09 Å². The summed E-state index contributed by atoms with van der Waals surface area (Å²) in [4.78, 5) is 27.7. The van der Waals surface area contributed by atoms with E-state index < -0.39 is 5.60 Å². The lowest BCUT2D eigenvalue weighted by Gasteiger charge is -2.33. The molecule has 1 aliphatic rings. The molecule has 1 aliphatic heterocycles. The van der Waals surface area contributed by atoms with Gasteiger partial charge in [-0.1, -0.05) is 167 Å². The maximum Gasteiger partial charge on any atom is 0.410 e. The van der Waals surface area contributed by atoms with E-state index in [1.807, 2.05) is 39.0 Å². The van der Waals surface area contributed by atoms with Crippen molar-refractivity contribution in [2.24, 2.45) is 0 Å². The third-order valence-corrected chi connectivity index (χ3v) is 11.1. The highest BCUT2D eigenvalue weighted by atomic mass is 16.6. The molecule has 0 aromatic heterocycles. The second-order valence-electron chi connectivity index (χ2n) is 17.4. The van der Waals surface area contributed by atoms with Crippen LogP contribution in [0.15, 0.2) is 24.3 Å². The molecular weight excluding hydrogens is 685 g/mol. The lowest BCUT2D eigenvalue weighted by molar-refractivity contribution is -0.0170. The number of nitrogens with zero attached hydrogens (tertiary/aromatic N) is 1. The third-order valence-electron chi connectivity index (χ3n) is 11.1. The summed E-state index contributed by atoms with van der Waals surface area (Å²) in [6.07, 6.45) is 33.1. The molecule has 1 fully saturated rings. The predicted octanol–water partition coefficient (Wildman–Crippen LogP) is 13.3. The van der Waals surface area contributed by atoms with Crippen molar-refractivity contribution in [1.29, 1.82) is 0 Å². The molecule has 0 saturated carbocycles. The van der Waals surface area contributed by atoms with E-state index in [1.54, 1.807) is 4.90 Å². The van der Waals surface area contributed by atoms with Crippen molar-refractivity contribution in [2.45, 2.75) is 219 Å². The van der Waals surface area contributed by atoms with E-state index in [4.69, 9.17) is 14.2 Å². The van der Waals surface area contributed by atoms with Gasteiger partial charge in [0.25, 0.3) is 5.91 Å². The fourth-order valence-corrected chi connectivity index (χ4v) is 7.58. The molecule has 1 heterocycles. The van der Waals surface area contributed by atoms with Crippen LogP contribution < -0.4 is 5.32 Å². The van der Waals surface area contributed by atoms with Gasteiger partial charge in [-0.3, -0.25) is 4.79 Å². The minimum atomic E-state index is -0.496. The average molecular weight is 771 g/mol. The Bertz CT molecular complexity index is 1080. The van der Waals surface area contributed by atoms with Crippen LogP contribution in [-0.4, -0.2) is 68.1 Å². The van der Waals surface area contributed by atoms with E-state index in [9.17, 15) is 9.59 Å². The number of carbonyl (C=O) groups is 2. The Kier molecular flexibility index (Phi) is 28.4. The first-order chi connectivity index (χ1) is 26.7. The van der Waals surface area contributed by atoms with E-state index >= 15 is 0 Å². The number of hydrogen-bond donors (Lipinski definition) is 1. The Balaban J connectivity index is 1.73. The lowest BCUT2D eigenvalue weighted by atomic mass is 9.88. The van der Waals surface area contributed by atoms with Crippen molar-refractivity contribution >= 4 is 12.0 Å². The van der Waals surface area contributed by atoms with Crippen molar-refractivity contribution in [1.82, 2.24) is 10.2 Å². The number of ether oxygens (including phenoxy) is 3. The van der Waals surface area contributed by atoms with Crippen molar-refractivity contribution in [3.8, 4) is 0 Å². The zero-order valence-electron chi connectivity index (χ0n) is 36.6. The Hall–Kier alpha value is -2.12. The molecule has 2 amide bonds. The van der Waals surface area contributed by atoms with E-state index in [0.29, 0.717) is 44.3 Å². The normalized spacial score (nSPS) is 14.3. The summed E-state index contributed by atoms with van der Waals surface area (Å²) >= 11 is 0. The van der Waals surface area contributed by atoms with Gasteiger partial charge in [0.2, 0.25) is 0 Å². The average Bonchev–Trinajstić information content (AvgIpc) is 3.17. The summed E-state index contributed by atoms with van der Waals surface area (Å²) in [5, 5.41) is 3.16. The van der Waals surface area contributed by atoms with E-state index in [0.717, 1.165) is 37.9 Å². The van der Waals surface area contributed by atoms with Gasteiger partial charge in [-0.2, -0.15) is 0 Å². The van der Waals surface area contributed by atoms with Crippen LogP contribution in [0, 0.1) is 0 Å². The lowest BCUT2D eigenvalue weighted by Crippen LogP contribution is -2.41. The molecule has 7 heteroatoms. The molecule has 7 nitrogen and oxygen atoms in total. The highest BCUT2D eigenvalue weighted by molar-refractivity contribution is 5.94. The quantitative estimate of drug-likeness (QED) is 0.0720. The van der Waals surface area contributed by atoms with Crippen molar-refractivity contribution in [3.63, 3.8) is 0 Å². The van der Waals surface area contributed by atoms with E-state index in [-0.39, 0.29) is 18.1 Å². The first kappa shape index (κ1) is 49.0. The number of hydrogen-bond acceptors (Lipinski definition) is 5. The minimum Gasteiger partial charge on any atom is -0.444 e. The molecule has 1 saturated heterocycles. The Morgan fingerprint density at radius 2 is 1.16 bits per heavy atom. The van der Waals surface area contributed by atoms with Crippen LogP contribution in [0.4, 0.5) is 4.79 Å². The second-order valence-corrected chi connectivity index (χ2v) is 17.4. The highest BCUT2D eigenvalue weighted by Crippen LogP contribution is 2.29. The van der Waals surface area contributed by atoms with Crippen LogP contribution in [0.1, 0.15) is 223 Å². The van der Waals surface area contributed by atoms with Gasteiger partial charge in [0.05, 0.1) is 12.7 Å². The summed E-state index contributed by atoms with van der Waals surface area (Å²) in [5.74, 6) is 0.236. The first-order valence-electron chi connectivity index (χ1n) is 23.3. The van der Waals surface area contributed by atoms with Crippen molar-refractivity contribution in [2.75, 3.05) is 39.5 Å². The highest BCUT2D eigenvalue weighted by Gasteiger charge is 2.28. The molecule has 318 valence electrons. The van der Waals surface area contributed by atoms with Crippen LogP contribution >= 0.6 is 0 Å². The Morgan fingerprint density at radius 1 is 0.691 bits per heavy atom. The maximum atomic E-state index is 13.4. The fourth-order valence-electron chi connectivity index (χ4n) is 7.58. The number of benzene rings is 1. The molecular formula is C48H86N2O5. The summed E-state index contributed by atoms with van der Waals surface area (Å²) in [6.45, 7) is 14.0. The zero-order chi connectivity index (χ0) is 39.8. The molecule has 1 aromatic carbocycles. The van der Waals surface area contributed by atoms with Crippen molar-refractivity contribution < 1.29 is 23.8 Å². The Labute approximate surface area is 339 Å². The molecule has 0 aliphatic carbocycles. The molecule has 55 heavy (non-hydrogen) atoms. The van der Waals surface area contributed by atoms with Gasteiger partial charge in [-0.05, 0) is 70.1 Å². The first-order valence-corrected chi connectivity index (χ1v) is 23.3. The number of piperidine rings is 1. The fraction of sp³-hybridized carbons (Fsp3) is 0.833. The SMILES string of the molecule is CCCCCCCCCCCCCCOCC(CNC(=O)c1cccc(C2CCN(C(=O)OC(C)(C)C)CC2)c1)OCCCCCCCCCCCCCC. The summed E-state index contributed by atoms with van der Waals surface area (Å²) < 4.78 is 18.0. The molecule has 2 rings (SSSR count). The van der Waals surface area contributed by atoms with Gasteiger partial charge in [0, 0.05) is 38.4 Å². The minimum absolute atomic E-state index is 0.0760. The van der Waals surface area contributed by atoms with Gasteiger partial charge in [0.1, 0.15) is 5.60 Å². The van der Waals surface area contributed by atoms with Crippen LogP contribution in [0.5, 0.6) is 0 Å².